The van der Waals surface area contributed by atoms with E-state index in [4.69, 9.17) is 0 Å². The zero-order chi connectivity index (χ0) is 15.5. The van der Waals surface area contributed by atoms with Crippen molar-refractivity contribution in [3.8, 4) is 0 Å². The first-order valence-corrected chi connectivity index (χ1v) is 8.86. The third kappa shape index (κ3) is 4.22. The van der Waals surface area contributed by atoms with Gasteiger partial charge in [0.05, 0.1) is 5.92 Å². The van der Waals surface area contributed by atoms with Gasteiger partial charge in [0.1, 0.15) is 0 Å². The Bertz CT molecular complexity index is 422. The van der Waals surface area contributed by atoms with E-state index in [0.717, 1.165) is 45.4 Å². The molecule has 2 aliphatic heterocycles. The van der Waals surface area contributed by atoms with Crippen molar-refractivity contribution in [1.29, 1.82) is 0 Å². The highest BCUT2D eigenvalue weighted by atomic mass is 16.2. The summed E-state index contributed by atoms with van der Waals surface area (Å²) >= 11 is 0. The first kappa shape index (κ1) is 15.8. The van der Waals surface area contributed by atoms with E-state index in [1.165, 1.54) is 12.8 Å². The molecule has 2 unspecified atom stereocenters. The standard InChI is InChI=1S/C17H29N3O2/c1-19-8-6-14(11-19)9-16(21)20-7-2-3-15(12-20)17(22)18-10-13-4-5-13/h13-15H,2-12H2,1H3,(H,18,22). The van der Waals surface area contributed by atoms with Crippen molar-refractivity contribution in [1.82, 2.24) is 15.1 Å². The predicted molar refractivity (Wildman–Crippen MR) is 85.3 cm³/mol. The van der Waals surface area contributed by atoms with Crippen LogP contribution in [0.2, 0.25) is 0 Å². The lowest BCUT2D eigenvalue weighted by molar-refractivity contribution is -0.136. The second kappa shape index (κ2) is 6.99. The maximum Gasteiger partial charge on any atom is 0.224 e. The maximum atomic E-state index is 12.5. The van der Waals surface area contributed by atoms with Gasteiger partial charge in [-0.05, 0) is 57.5 Å². The third-order valence-electron chi connectivity index (χ3n) is 5.36. The highest BCUT2D eigenvalue weighted by Gasteiger charge is 2.31. The van der Waals surface area contributed by atoms with Crippen LogP contribution in [0.3, 0.4) is 0 Å². The molecule has 0 bridgehead atoms. The van der Waals surface area contributed by atoms with Crippen LogP contribution in [0.1, 0.15) is 38.5 Å². The summed E-state index contributed by atoms with van der Waals surface area (Å²) in [4.78, 5) is 28.9. The summed E-state index contributed by atoms with van der Waals surface area (Å²) in [5.41, 5.74) is 0. The molecule has 22 heavy (non-hydrogen) atoms. The fourth-order valence-corrected chi connectivity index (χ4v) is 3.70. The first-order chi connectivity index (χ1) is 10.6. The minimum absolute atomic E-state index is 0.00250. The Hall–Kier alpha value is -1.10. The number of carbonyl (C=O) groups excluding carboxylic acids is 2. The van der Waals surface area contributed by atoms with Crippen molar-refractivity contribution in [2.75, 3.05) is 39.8 Å². The molecule has 2 saturated heterocycles. The number of nitrogens with zero attached hydrogens (tertiary/aromatic N) is 2. The zero-order valence-corrected chi connectivity index (χ0v) is 13.7. The Morgan fingerprint density at radius 2 is 1.86 bits per heavy atom. The zero-order valence-electron chi connectivity index (χ0n) is 13.7. The second-order valence-electron chi connectivity index (χ2n) is 7.49. The van der Waals surface area contributed by atoms with Crippen LogP contribution < -0.4 is 5.32 Å². The number of amides is 2. The number of hydrogen-bond acceptors (Lipinski definition) is 3. The molecule has 1 saturated carbocycles. The van der Waals surface area contributed by atoms with Crippen molar-refractivity contribution in [3.63, 3.8) is 0 Å². The van der Waals surface area contributed by atoms with Gasteiger partial charge in [-0.25, -0.2) is 0 Å². The van der Waals surface area contributed by atoms with Gasteiger partial charge in [0.25, 0.3) is 0 Å². The van der Waals surface area contributed by atoms with Crippen LogP contribution in [0, 0.1) is 17.8 Å². The number of hydrogen-bond donors (Lipinski definition) is 1. The molecule has 1 aliphatic carbocycles. The monoisotopic (exact) mass is 307 g/mol. The Kier molecular flexibility index (Phi) is 5.01. The van der Waals surface area contributed by atoms with Crippen LogP contribution >= 0.6 is 0 Å². The highest BCUT2D eigenvalue weighted by Crippen LogP contribution is 2.28. The van der Waals surface area contributed by atoms with Crippen LogP contribution in [-0.4, -0.2) is 61.4 Å². The number of piperidine rings is 1. The number of carbonyl (C=O) groups is 2. The van der Waals surface area contributed by atoms with Gasteiger partial charge in [-0.3, -0.25) is 9.59 Å². The largest absolute Gasteiger partial charge is 0.356 e. The summed E-state index contributed by atoms with van der Waals surface area (Å²) < 4.78 is 0. The Morgan fingerprint density at radius 3 is 2.55 bits per heavy atom. The van der Waals surface area contributed by atoms with Crippen molar-refractivity contribution in [2.45, 2.75) is 38.5 Å². The van der Waals surface area contributed by atoms with Crippen molar-refractivity contribution >= 4 is 11.8 Å². The smallest absolute Gasteiger partial charge is 0.224 e. The normalized spacial score (nSPS) is 29.6. The number of rotatable bonds is 5. The molecular weight excluding hydrogens is 278 g/mol. The van der Waals surface area contributed by atoms with Crippen LogP contribution in [0.4, 0.5) is 0 Å². The minimum atomic E-state index is 0.00250. The number of likely N-dealkylation sites (tertiary alicyclic amines) is 2. The van der Waals surface area contributed by atoms with E-state index in [9.17, 15) is 9.59 Å². The van der Waals surface area contributed by atoms with Crippen molar-refractivity contribution in [3.05, 3.63) is 0 Å². The van der Waals surface area contributed by atoms with Crippen molar-refractivity contribution in [2.24, 2.45) is 17.8 Å². The molecule has 0 spiro atoms. The van der Waals surface area contributed by atoms with Crippen LogP contribution in [0.25, 0.3) is 0 Å². The summed E-state index contributed by atoms with van der Waals surface area (Å²) in [6.45, 7) is 4.42. The van der Waals surface area contributed by atoms with Crippen LogP contribution in [-0.2, 0) is 9.59 Å². The van der Waals surface area contributed by atoms with Gasteiger partial charge < -0.3 is 15.1 Å². The molecule has 3 aliphatic rings. The molecule has 0 aromatic rings. The van der Waals surface area contributed by atoms with E-state index in [1.54, 1.807) is 0 Å². The number of nitrogens with one attached hydrogen (secondary N) is 1. The van der Waals surface area contributed by atoms with E-state index in [2.05, 4.69) is 17.3 Å². The van der Waals surface area contributed by atoms with Gasteiger partial charge in [-0.2, -0.15) is 0 Å². The fourth-order valence-electron chi connectivity index (χ4n) is 3.70. The average Bonchev–Trinajstić information content (AvgIpc) is 3.27. The molecule has 124 valence electrons. The minimum Gasteiger partial charge on any atom is -0.356 e. The molecule has 2 atom stereocenters. The quantitative estimate of drug-likeness (QED) is 0.827. The Balaban J connectivity index is 1.44. The van der Waals surface area contributed by atoms with Gasteiger partial charge in [0.2, 0.25) is 11.8 Å². The lowest BCUT2D eigenvalue weighted by Crippen LogP contribution is -2.46. The van der Waals surface area contributed by atoms with E-state index in [1.807, 2.05) is 4.90 Å². The van der Waals surface area contributed by atoms with E-state index in [-0.39, 0.29) is 17.7 Å². The molecule has 3 fully saturated rings. The molecule has 5 nitrogen and oxygen atoms in total. The maximum absolute atomic E-state index is 12.5. The van der Waals surface area contributed by atoms with Gasteiger partial charge >= 0.3 is 0 Å². The molecule has 0 aromatic heterocycles. The second-order valence-corrected chi connectivity index (χ2v) is 7.49. The summed E-state index contributed by atoms with van der Waals surface area (Å²) in [5, 5.41) is 3.07. The Morgan fingerprint density at radius 1 is 1.05 bits per heavy atom. The lowest BCUT2D eigenvalue weighted by atomic mass is 9.95. The van der Waals surface area contributed by atoms with Gasteiger partial charge in [0, 0.05) is 32.6 Å². The van der Waals surface area contributed by atoms with Gasteiger partial charge in [-0.15, -0.1) is 0 Å². The van der Waals surface area contributed by atoms with Gasteiger partial charge in [-0.1, -0.05) is 0 Å². The summed E-state index contributed by atoms with van der Waals surface area (Å²) in [6.07, 6.45) is 6.17. The third-order valence-corrected chi connectivity index (χ3v) is 5.36. The molecule has 2 amide bonds. The van der Waals surface area contributed by atoms with Crippen LogP contribution in [0.15, 0.2) is 0 Å². The predicted octanol–water partition coefficient (Wildman–Crippen LogP) is 1.09. The highest BCUT2D eigenvalue weighted by molar-refractivity contribution is 5.81. The molecule has 0 radical (unpaired) electrons. The van der Waals surface area contributed by atoms with E-state index < -0.39 is 0 Å². The SMILES string of the molecule is CN1CCC(CC(=O)N2CCCC(C(=O)NCC3CC3)C2)C1. The van der Waals surface area contributed by atoms with Gasteiger partial charge in [0.15, 0.2) is 0 Å². The molecular formula is C17H29N3O2. The summed E-state index contributed by atoms with van der Waals surface area (Å²) in [5.74, 6) is 1.62. The molecule has 5 heteroatoms. The average molecular weight is 307 g/mol. The molecule has 1 N–H and O–H groups in total. The van der Waals surface area contributed by atoms with Crippen LogP contribution in [0.5, 0.6) is 0 Å². The lowest BCUT2D eigenvalue weighted by Gasteiger charge is -2.32. The molecule has 3 rings (SSSR count). The fraction of sp³-hybridized carbons (Fsp3) is 0.882. The first-order valence-electron chi connectivity index (χ1n) is 8.86. The van der Waals surface area contributed by atoms with Crippen molar-refractivity contribution < 1.29 is 9.59 Å². The Labute approximate surface area is 133 Å². The molecule has 0 aromatic carbocycles. The summed E-state index contributed by atoms with van der Waals surface area (Å²) in [7, 11) is 2.12. The van der Waals surface area contributed by atoms with E-state index >= 15 is 0 Å². The summed E-state index contributed by atoms with van der Waals surface area (Å²) in [6, 6.07) is 0. The molecule has 2 heterocycles. The van der Waals surface area contributed by atoms with E-state index in [0.29, 0.717) is 24.8 Å². The topological polar surface area (TPSA) is 52.7 Å².